The Hall–Kier alpha value is -2.63. The van der Waals surface area contributed by atoms with E-state index in [-0.39, 0.29) is 5.69 Å². The summed E-state index contributed by atoms with van der Waals surface area (Å²) in [4.78, 5) is 23.9. The van der Waals surface area contributed by atoms with Gasteiger partial charge >= 0.3 is 5.97 Å². The Morgan fingerprint density at radius 1 is 1.35 bits per heavy atom. The molecule has 1 aromatic heterocycles. The highest BCUT2D eigenvalue weighted by Crippen LogP contribution is 2.16. The van der Waals surface area contributed by atoms with Gasteiger partial charge in [0.25, 0.3) is 5.91 Å². The molecule has 0 bridgehead atoms. The van der Waals surface area contributed by atoms with Gasteiger partial charge < -0.3 is 10.1 Å². The van der Waals surface area contributed by atoms with Gasteiger partial charge in [0.15, 0.2) is 6.04 Å². The number of aromatic nitrogens is 2. The van der Waals surface area contributed by atoms with Crippen molar-refractivity contribution in [2.24, 2.45) is 0 Å². The maximum atomic E-state index is 12.0. The largest absolute Gasteiger partial charge is 0.467 e. The highest BCUT2D eigenvalue weighted by molar-refractivity contribution is 5.95. The van der Waals surface area contributed by atoms with Crippen LogP contribution in [0.1, 0.15) is 27.7 Å². The van der Waals surface area contributed by atoms with Crippen molar-refractivity contribution >= 4 is 11.9 Å². The molecular formula is C14H15N3O3. The number of benzene rings is 1. The fourth-order valence-electron chi connectivity index (χ4n) is 1.84. The Bertz CT molecular complexity index is 608. The molecule has 104 valence electrons. The number of rotatable bonds is 4. The lowest BCUT2D eigenvalue weighted by atomic mass is 10.0. The minimum atomic E-state index is -0.851. The van der Waals surface area contributed by atoms with Crippen molar-refractivity contribution in [3.63, 3.8) is 0 Å². The molecule has 0 spiro atoms. The summed E-state index contributed by atoms with van der Waals surface area (Å²) in [5.41, 5.74) is 1.95. The fourth-order valence-corrected chi connectivity index (χ4v) is 1.84. The Morgan fingerprint density at radius 3 is 2.75 bits per heavy atom. The molecule has 6 heteroatoms. The average Bonchev–Trinajstić information content (AvgIpc) is 2.98. The number of carbonyl (C=O) groups excluding carboxylic acids is 2. The van der Waals surface area contributed by atoms with E-state index in [1.807, 2.05) is 25.1 Å². The fraction of sp³-hybridized carbons (Fsp3) is 0.214. The standard InChI is InChI=1S/C14H15N3O3/c1-9-4-3-5-10(8-9)12(14(19)20-2)16-13(18)11-6-7-15-17-11/h3-8,12H,1-2H3,(H,15,17)(H,16,18)/t12-/m1/s1. The van der Waals surface area contributed by atoms with Crippen LogP contribution in [-0.2, 0) is 9.53 Å². The van der Waals surface area contributed by atoms with Gasteiger partial charge in [-0.2, -0.15) is 5.10 Å². The molecule has 0 aliphatic heterocycles. The molecule has 0 radical (unpaired) electrons. The summed E-state index contributed by atoms with van der Waals surface area (Å²) in [6, 6.07) is 8.00. The van der Waals surface area contributed by atoms with Crippen LogP contribution in [0.3, 0.4) is 0 Å². The molecule has 0 aliphatic carbocycles. The van der Waals surface area contributed by atoms with E-state index in [4.69, 9.17) is 4.74 Å². The molecule has 0 fully saturated rings. The maximum Gasteiger partial charge on any atom is 0.333 e. The highest BCUT2D eigenvalue weighted by atomic mass is 16.5. The van der Waals surface area contributed by atoms with Crippen molar-refractivity contribution in [1.82, 2.24) is 15.5 Å². The lowest BCUT2D eigenvalue weighted by Crippen LogP contribution is -2.34. The van der Waals surface area contributed by atoms with Crippen molar-refractivity contribution in [2.75, 3.05) is 7.11 Å². The molecule has 2 rings (SSSR count). The van der Waals surface area contributed by atoms with Gasteiger partial charge in [-0.05, 0) is 18.6 Å². The SMILES string of the molecule is COC(=O)[C@H](NC(=O)c1ccn[nH]1)c1cccc(C)c1. The second-order valence-corrected chi connectivity index (χ2v) is 4.31. The Balaban J connectivity index is 2.25. The van der Waals surface area contributed by atoms with Crippen molar-refractivity contribution in [2.45, 2.75) is 13.0 Å². The molecule has 2 N–H and O–H groups in total. The third kappa shape index (κ3) is 3.03. The molecule has 0 saturated heterocycles. The van der Waals surface area contributed by atoms with Gasteiger partial charge in [0.2, 0.25) is 0 Å². The number of esters is 1. The molecule has 6 nitrogen and oxygen atoms in total. The summed E-state index contributed by atoms with van der Waals surface area (Å²) < 4.78 is 4.75. The Morgan fingerprint density at radius 2 is 2.15 bits per heavy atom. The third-order valence-corrected chi connectivity index (χ3v) is 2.83. The van der Waals surface area contributed by atoms with E-state index < -0.39 is 17.9 Å². The predicted octanol–water partition coefficient (Wildman–Crippen LogP) is 1.36. The number of nitrogens with zero attached hydrogens (tertiary/aromatic N) is 1. The molecule has 2 aromatic rings. The second kappa shape index (κ2) is 6.01. The number of hydrogen-bond donors (Lipinski definition) is 2. The first-order valence-electron chi connectivity index (χ1n) is 6.06. The molecular weight excluding hydrogens is 258 g/mol. The first kappa shape index (κ1) is 13.8. The highest BCUT2D eigenvalue weighted by Gasteiger charge is 2.24. The van der Waals surface area contributed by atoms with Crippen LogP contribution in [0.5, 0.6) is 0 Å². The number of hydrogen-bond acceptors (Lipinski definition) is 4. The van der Waals surface area contributed by atoms with E-state index in [9.17, 15) is 9.59 Å². The molecule has 1 heterocycles. The number of amides is 1. The molecule has 1 amide bonds. The lowest BCUT2D eigenvalue weighted by molar-refractivity contribution is -0.143. The average molecular weight is 273 g/mol. The Labute approximate surface area is 116 Å². The lowest BCUT2D eigenvalue weighted by Gasteiger charge is -2.16. The summed E-state index contributed by atoms with van der Waals surface area (Å²) in [5, 5.41) is 8.88. The van der Waals surface area contributed by atoms with Crippen LogP contribution in [0.25, 0.3) is 0 Å². The van der Waals surface area contributed by atoms with Crippen LogP contribution in [-0.4, -0.2) is 29.2 Å². The van der Waals surface area contributed by atoms with E-state index in [0.29, 0.717) is 5.56 Å². The van der Waals surface area contributed by atoms with Crippen LogP contribution >= 0.6 is 0 Å². The summed E-state index contributed by atoms with van der Waals surface area (Å²) >= 11 is 0. The molecule has 1 atom stereocenters. The zero-order chi connectivity index (χ0) is 14.5. The van der Waals surface area contributed by atoms with Gasteiger partial charge in [0.05, 0.1) is 7.11 Å². The number of methoxy groups -OCH3 is 1. The normalized spacial score (nSPS) is 11.7. The van der Waals surface area contributed by atoms with Crippen LogP contribution in [0, 0.1) is 6.92 Å². The minimum Gasteiger partial charge on any atom is -0.467 e. The second-order valence-electron chi connectivity index (χ2n) is 4.31. The first-order valence-corrected chi connectivity index (χ1v) is 6.06. The number of nitrogens with one attached hydrogen (secondary N) is 2. The van der Waals surface area contributed by atoms with Crippen molar-refractivity contribution < 1.29 is 14.3 Å². The molecule has 1 aromatic carbocycles. The molecule has 0 aliphatic rings. The van der Waals surface area contributed by atoms with Crippen LogP contribution in [0.15, 0.2) is 36.5 Å². The summed E-state index contributed by atoms with van der Waals surface area (Å²) in [6.45, 7) is 1.91. The molecule has 20 heavy (non-hydrogen) atoms. The van der Waals surface area contributed by atoms with Crippen molar-refractivity contribution in [1.29, 1.82) is 0 Å². The van der Waals surface area contributed by atoms with Crippen LogP contribution in [0.4, 0.5) is 0 Å². The Kier molecular flexibility index (Phi) is 4.14. The van der Waals surface area contributed by atoms with E-state index in [0.717, 1.165) is 5.56 Å². The third-order valence-electron chi connectivity index (χ3n) is 2.83. The number of ether oxygens (including phenoxy) is 1. The van der Waals surface area contributed by atoms with Gasteiger partial charge in [0, 0.05) is 6.20 Å². The number of aryl methyl sites for hydroxylation is 1. The zero-order valence-electron chi connectivity index (χ0n) is 11.2. The van der Waals surface area contributed by atoms with Crippen molar-refractivity contribution in [3.8, 4) is 0 Å². The monoisotopic (exact) mass is 273 g/mol. The van der Waals surface area contributed by atoms with Gasteiger partial charge in [0.1, 0.15) is 5.69 Å². The topological polar surface area (TPSA) is 84.1 Å². The first-order chi connectivity index (χ1) is 9.61. The van der Waals surface area contributed by atoms with Crippen LogP contribution < -0.4 is 5.32 Å². The van der Waals surface area contributed by atoms with E-state index in [1.165, 1.54) is 19.4 Å². The molecule has 0 saturated carbocycles. The van der Waals surface area contributed by atoms with Crippen LogP contribution in [0.2, 0.25) is 0 Å². The zero-order valence-corrected chi connectivity index (χ0v) is 11.2. The summed E-state index contributed by atoms with van der Waals surface area (Å²) in [5.74, 6) is -0.942. The van der Waals surface area contributed by atoms with E-state index in [2.05, 4.69) is 15.5 Å². The van der Waals surface area contributed by atoms with Gasteiger partial charge in [-0.15, -0.1) is 0 Å². The van der Waals surface area contributed by atoms with Gasteiger partial charge in [-0.25, -0.2) is 4.79 Å². The van der Waals surface area contributed by atoms with Crippen molar-refractivity contribution in [3.05, 3.63) is 53.3 Å². The quantitative estimate of drug-likeness (QED) is 0.824. The van der Waals surface area contributed by atoms with Gasteiger partial charge in [-0.1, -0.05) is 29.8 Å². The number of aromatic amines is 1. The smallest absolute Gasteiger partial charge is 0.333 e. The van der Waals surface area contributed by atoms with Gasteiger partial charge in [-0.3, -0.25) is 9.89 Å². The minimum absolute atomic E-state index is 0.284. The molecule has 0 unspecified atom stereocenters. The summed E-state index contributed by atoms with van der Waals surface area (Å²) in [6.07, 6.45) is 1.47. The maximum absolute atomic E-state index is 12.0. The number of carbonyl (C=O) groups is 2. The van der Waals surface area contributed by atoms with E-state index >= 15 is 0 Å². The van der Waals surface area contributed by atoms with E-state index in [1.54, 1.807) is 6.07 Å². The predicted molar refractivity (Wildman–Crippen MR) is 72.0 cm³/mol. The summed E-state index contributed by atoms with van der Waals surface area (Å²) in [7, 11) is 1.29. The number of H-pyrrole nitrogens is 1.